The van der Waals surface area contributed by atoms with Gasteiger partial charge >= 0.3 is 10.2 Å². The second-order valence-corrected chi connectivity index (χ2v) is 3.85. The molecule has 0 aromatic carbocycles. The third-order valence-electron chi connectivity index (χ3n) is 1.64. The summed E-state index contributed by atoms with van der Waals surface area (Å²) in [5, 5.41) is 4.91. The summed E-state index contributed by atoms with van der Waals surface area (Å²) in [6.45, 7) is 3.54. The SMILES string of the molecule is Cc1ccn(S(N)(=O)=O)c1C. The van der Waals surface area contributed by atoms with Crippen molar-refractivity contribution in [2.45, 2.75) is 13.8 Å². The lowest BCUT2D eigenvalue weighted by Gasteiger charge is -2.01. The van der Waals surface area contributed by atoms with Crippen LogP contribution in [0.25, 0.3) is 0 Å². The van der Waals surface area contributed by atoms with Crippen LogP contribution < -0.4 is 5.14 Å². The van der Waals surface area contributed by atoms with Gasteiger partial charge in [-0.2, -0.15) is 8.42 Å². The van der Waals surface area contributed by atoms with Crippen LogP contribution in [0.5, 0.6) is 0 Å². The lowest BCUT2D eigenvalue weighted by atomic mass is 10.3. The Bertz CT molecular complexity index is 364. The van der Waals surface area contributed by atoms with Gasteiger partial charge in [-0.1, -0.05) is 0 Å². The normalized spacial score (nSPS) is 11.9. The highest BCUT2D eigenvalue weighted by Crippen LogP contribution is 2.08. The highest BCUT2D eigenvalue weighted by atomic mass is 32.2. The minimum Gasteiger partial charge on any atom is -0.238 e. The summed E-state index contributed by atoms with van der Waals surface area (Å²) in [4.78, 5) is 0. The summed E-state index contributed by atoms with van der Waals surface area (Å²) in [6, 6.07) is 1.71. The summed E-state index contributed by atoms with van der Waals surface area (Å²) in [5.74, 6) is 0. The zero-order chi connectivity index (χ0) is 8.65. The van der Waals surface area contributed by atoms with Crippen molar-refractivity contribution < 1.29 is 8.42 Å². The largest absolute Gasteiger partial charge is 0.302 e. The molecule has 1 rings (SSSR count). The predicted octanol–water partition coefficient (Wildman–Crippen LogP) is 0.157. The molecule has 0 amide bonds. The van der Waals surface area contributed by atoms with E-state index in [0.29, 0.717) is 5.69 Å². The molecule has 1 aromatic rings. The van der Waals surface area contributed by atoms with Gasteiger partial charge in [-0.3, -0.25) is 0 Å². The van der Waals surface area contributed by atoms with Gasteiger partial charge in [-0.15, -0.1) is 0 Å². The molecule has 0 radical (unpaired) electrons. The second-order valence-electron chi connectivity index (χ2n) is 2.42. The van der Waals surface area contributed by atoms with Gasteiger partial charge in [0.05, 0.1) is 0 Å². The van der Waals surface area contributed by atoms with Crippen molar-refractivity contribution in [1.29, 1.82) is 0 Å². The van der Waals surface area contributed by atoms with Crippen LogP contribution in [-0.4, -0.2) is 12.4 Å². The van der Waals surface area contributed by atoms with E-state index in [0.717, 1.165) is 9.54 Å². The minimum atomic E-state index is -3.60. The molecular weight excluding hydrogens is 164 g/mol. The van der Waals surface area contributed by atoms with Gasteiger partial charge in [0.2, 0.25) is 0 Å². The van der Waals surface area contributed by atoms with E-state index in [4.69, 9.17) is 5.14 Å². The summed E-state index contributed by atoms with van der Waals surface area (Å²) >= 11 is 0. The van der Waals surface area contributed by atoms with Crippen molar-refractivity contribution in [2.24, 2.45) is 5.14 Å². The molecule has 0 spiro atoms. The summed E-state index contributed by atoms with van der Waals surface area (Å²) in [7, 11) is -3.60. The first-order chi connectivity index (χ1) is 4.93. The summed E-state index contributed by atoms with van der Waals surface area (Å²) in [6.07, 6.45) is 1.44. The van der Waals surface area contributed by atoms with Crippen molar-refractivity contribution in [3.05, 3.63) is 23.5 Å². The van der Waals surface area contributed by atoms with Crippen LogP contribution in [0.15, 0.2) is 12.3 Å². The Hall–Kier alpha value is -0.810. The molecule has 0 saturated carbocycles. The Morgan fingerprint density at radius 1 is 1.45 bits per heavy atom. The molecule has 1 heterocycles. The van der Waals surface area contributed by atoms with Gasteiger partial charge in [0.1, 0.15) is 0 Å². The van der Waals surface area contributed by atoms with E-state index in [9.17, 15) is 8.42 Å². The Balaban J connectivity index is 3.38. The standard InChI is InChI=1S/C6H10N2O2S/c1-5-3-4-8(6(5)2)11(7,9)10/h3-4H,1-2H3,(H2,7,9,10). The molecule has 0 aliphatic rings. The zero-order valence-electron chi connectivity index (χ0n) is 6.40. The number of aryl methyl sites for hydroxylation is 1. The van der Waals surface area contributed by atoms with E-state index in [1.807, 2.05) is 6.92 Å². The molecule has 5 heteroatoms. The Kier molecular flexibility index (Phi) is 1.77. The van der Waals surface area contributed by atoms with Crippen LogP contribution >= 0.6 is 0 Å². The number of rotatable bonds is 1. The molecule has 1 aromatic heterocycles. The van der Waals surface area contributed by atoms with Crippen LogP contribution in [0.3, 0.4) is 0 Å². The van der Waals surface area contributed by atoms with Gasteiger partial charge in [0, 0.05) is 11.9 Å². The number of aromatic nitrogens is 1. The molecule has 0 atom stereocenters. The van der Waals surface area contributed by atoms with Crippen LogP contribution in [0.4, 0.5) is 0 Å². The molecule has 0 aliphatic carbocycles. The van der Waals surface area contributed by atoms with Crippen LogP contribution in [0, 0.1) is 13.8 Å². The maximum Gasteiger partial charge on any atom is 0.302 e. The molecular formula is C6H10N2O2S. The summed E-state index contributed by atoms with van der Waals surface area (Å²) < 4.78 is 22.7. The Labute approximate surface area is 65.8 Å². The van der Waals surface area contributed by atoms with E-state index in [1.165, 1.54) is 6.20 Å². The number of hydrogen-bond donors (Lipinski definition) is 1. The van der Waals surface area contributed by atoms with Crippen molar-refractivity contribution in [2.75, 3.05) is 0 Å². The van der Waals surface area contributed by atoms with Gasteiger partial charge in [-0.25, -0.2) is 9.11 Å². The number of nitrogens with two attached hydrogens (primary N) is 1. The highest BCUT2D eigenvalue weighted by Gasteiger charge is 2.08. The first kappa shape index (κ1) is 8.29. The molecule has 0 saturated heterocycles. The zero-order valence-corrected chi connectivity index (χ0v) is 7.22. The molecule has 0 bridgehead atoms. The smallest absolute Gasteiger partial charge is 0.238 e. The predicted molar refractivity (Wildman–Crippen MR) is 42.4 cm³/mol. The average molecular weight is 174 g/mol. The van der Waals surface area contributed by atoms with E-state index in [1.54, 1.807) is 13.0 Å². The fourth-order valence-corrected chi connectivity index (χ4v) is 1.62. The lowest BCUT2D eigenvalue weighted by molar-refractivity contribution is 0.588. The van der Waals surface area contributed by atoms with Crippen molar-refractivity contribution in [3.8, 4) is 0 Å². The highest BCUT2D eigenvalue weighted by molar-refractivity contribution is 7.87. The van der Waals surface area contributed by atoms with Crippen LogP contribution in [0.2, 0.25) is 0 Å². The van der Waals surface area contributed by atoms with Gasteiger partial charge < -0.3 is 0 Å². The van der Waals surface area contributed by atoms with E-state index in [2.05, 4.69) is 0 Å². The van der Waals surface area contributed by atoms with Crippen molar-refractivity contribution >= 4 is 10.2 Å². The van der Waals surface area contributed by atoms with Gasteiger partial charge in [0.15, 0.2) is 0 Å². The maximum absolute atomic E-state index is 10.8. The van der Waals surface area contributed by atoms with E-state index < -0.39 is 10.2 Å². The molecule has 0 unspecified atom stereocenters. The molecule has 2 N–H and O–H groups in total. The Morgan fingerprint density at radius 3 is 2.18 bits per heavy atom. The molecule has 4 nitrogen and oxygen atoms in total. The van der Waals surface area contributed by atoms with E-state index >= 15 is 0 Å². The second kappa shape index (κ2) is 2.35. The monoisotopic (exact) mass is 174 g/mol. The third-order valence-corrected chi connectivity index (χ3v) is 2.58. The van der Waals surface area contributed by atoms with Crippen molar-refractivity contribution in [3.63, 3.8) is 0 Å². The van der Waals surface area contributed by atoms with Crippen molar-refractivity contribution in [1.82, 2.24) is 3.97 Å². The first-order valence-electron chi connectivity index (χ1n) is 3.11. The van der Waals surface area contributed by atoms with Gasteiger partial charge in [0.25, 0.3) is 0 Å². The Morgan fingerprint density at radius 2 is 2.00 bits per heavy atom. The number of nitrogens with zero attached hydrogens (tertiary/aromatic N) is 1. The maximum atomic E-state index is 10.8. The van der Waals surface area contributed by atoms with E-state index in [-0.39, 0.29) is 0 Å². The number of hydrogen-bond acceptors (Lipinski definition) is 2. The fourth-order valence-electron chi connectivity index (χ4n) is 0.861. The topological polar surface area (TPSA) is 65.1 Å². The van der Waals surface area contributed by atoms with Crippen LogP contribution in [0.1, 0.15) is 11.3 Å². The average Bonchev–Trinajstić information content (AvgIpc) is 2.11. The minimum absolute atomic E-state index is 0.660. The molecule has 0 aliphatic heterocycles. The van der Waals surface area contributed by atoms with Crippen LogP contribution in [-0.2, 0) is 10.2 Å². The lowest BCUT2D eigenvalue weighted by Crippen LogP contribution is -2.21. The summed E-state index contributed by atoms with van der Waals surface area (Å²) in [5.41, 5.74) is 1.58. The van der Waals surface area contributed by atoms with Gasteiger partial charge in [-0.05, 0) is 25.5 Å². The molecule has 11 heavy (non-hydrogen) atoms. The molecule has 62 valence electrons. The molecule has 0 fully saturated rings. The quantitative estimate of drug-likeness (QED) is 0.659. The fraction of sp³-hybridized carbons (Fsp3) is 0.333. The third kappa shape index (κ3) is 1.44. The first-order valence-corrected chi connectivity index (χ1v) is 4.61.